The number of aliphatic hydroxyl groups excluding tert-OH is 2. The van der Waals surface area contributed by atoms with Crippen LogP contribution in [0.15, 0.2) is 48.5 Å². The van der Waals surface area contributed by atoms with Gasteiger partial charge in [0.15, 0.2) is 0 Å². The average Bonchev–Trinajstić information content (AvgIpc) is 2.41. The lowest BCUT2D eigenvalue weighted by molar-refractivity contribution is 0.281. The first-order valence-corrected chi connectivity index (χ1v) is 5.98. The molecule has 0 amide bonds. The van der Waals surface area contributed by atoms with Crippen molar-refractivity contribution in [2.45, 2.75) is 27.1 Å². The van der Waals surface area contributed by atoms with Crippen LogP contribution in [0.2, 0.25) is 0 Å². The molecule has 2 aromatic rings. The van der Waals surface area contributed by atoms with Crippen molar-refractivity contribution < 1.29 is 10.2 Å². The highest BCUT2D eigenvalue weighted by Gasteiger charge is 1.86. The van der Waals surface area contributed by atoms with Gasteiger partial charge in [-0.1, -0.05) is 59.7 Å². The third-order valence-electron chi connectivity index (χ3n) is 2.61. The molecule has 0 heterocycles. The molecule has 0 spiro atoms. The standard InChI is InChI=1S/2C8H10O/c2*1-7-2-4-8(6-9)5-3-7/h2*2-5,9H,6H2,1H3. The molecular weight excluding hydrogens is 224 g/mol. The monoisotopic (exact) mass is 244 g/mol. The molecule has 2 aromatic carbocycles. The van der Waals surface area contributed by atoms with E-state index >= 15 is 0 Å². The first-order valence-electron chi connectivity index (χ1n) is 5.98. The van der Waals surface area contributed by atoms with Crippen LogP contribution in [0.3, 0.4) is 0 Å². The number of rotatable bonds is 2. The molecule has 0 aliphatic rings. The van der Waals surface area contributed by atoms with Crippen LogP contribution in [0.5, 0.6) is 0 Å². The fraction of sp³-hybridized carbons (Fsp3) is 0.250. The van der Waals surface area contributed by atoms with E-state index in [1.165, 1.54) is 11.1 Å². The normalized spacial score (nSPS) is 9.56. The van der Waals surface area contributed by atoms with E-state index in [4.69, 9.17) is 10.2 Å². The highest BCUT2D eigenvalue weighted by atomic mass is 16.3. The molecular formula is C16H20O2. The first kappa shape index (κ1) is 14.4. The summed E-state index contributed by atoms with van der Waals surface area (Å²) in [6, 6.07) is 15.7. The first-order chi connectivity index (χ1) is 8.65. The molecule has 18 heavy (non-hydrogen) atoms. The number of benzene rings is 2. The highest BCUT2D eigenvalue weighted by molar-refractivity contribution is 5.21. The van der Waals surface area contributed by atoms with Gasteiger partial charge in [-0.15, -0.1) is 0 Å². The topological polar surface area (TPSA) is 40.5 Å². The van der Waals surface area contributed by atoms with Crippen molar-refractivity contribution in [3.63, 3.8) is 0 Å². The minimum Gasteiger partial charge on any atom is -0.392 e. The summed E-state index contributed by atoms with van der Waals surface area (Å²) >= 11 is 0. The third-order valence-corrected chi connectivity index (χ3v) is 2.61. The molecule has 0 radical (unpaired) electrons. The van der Waals surface area contributed by atoms with Gasteiger partial charge in [0.25, 0.3) is 0 Å². The van der Waals surface area contributed by atoms with E-state index in [1.807, 2.05) is 62.4 Å². The summed E-state index contributed by atoms with van der Waals surface area (Å²) in [5.41, 5.74) is 4.40. The lowest BCUT2D eigenvalue weighted by Crippen LogP contribution is -1.80. The minimum absolute atomic E-state index is 0.139. The number of hydrogen-bond donors (Lipinski definition) is 2. The smallest absolute Gasteiger partial charge is 0.0681 e. The lowest BCUT2D eigenvalue weighted by Gasteiger charge is -1.93. The summed E-state index contributed by atoms with van der Waals surface area (Å²) < 4.78 is 0. The maximum absolute atomic E-state index is 8.63. The van der Waals surface area contributed by atoms with Crippen LogP contribution >= 0.6 is 0 Å². The Morgan fingerprint density at radius 2 is 0.889 bits per heavy atom. The summed E-state index contributed by atoms with van der Waals surface area (Å²) in [5.74, 6) is 0. The van der Waals surface area contributed by atoms with Gasteiger partial charge in [-0.05, 0) is 25.0 Å². The van der Waals surface area contributed by atoms with E-state index in [9.17, 15) is 0 Å². The zero-order valence-corrected chi connectivity index (χ0v) is 10.9. The molecule has 0 unspecified atom stereocenters. The van der Waals surface area contributed by atoms with E-state index in [1.54, 1.807) is 0 Å². The second-order valence-corrected chi connectivity index (χ2v) is 4.29. The summed E-state index contributed by atoms with van der Waals surface area (Å²) in [6.45, 7) is 4.34. The van der Waals surface area contributed by atoms with Crippen LogP contribution in [0.1, 0.15) is 22.3 Å². The van der Waals surface area contributed by atoms with Crippen LogP contribution in [0.25, 0.3) is 0 Å². The average molecular weight is 244 g/mol. The lowest BCUT2D eigenvalue weighted by atomic mass is 10.2. The van der Waals surface area contributed by atoms with Gasteiger partial charge in [0, 0.05) is 0 Å². The molecule has 0 saturated carbocycles. The van der Waals surface area contributed by atoms with E-state index in [0.29, 0.717) is 0 Å². The number of aryl methyl sites for hydroxylation is 2. The van der Waals surface area contributed by atoms with E-state index in [-0.39, 0.29) is 13.2 Å². The van der Waals surface area contributed by atoms with Gasteiger partial charge in [-0.2, -0.15) is 0 Å². The molecule has 0 fully saturated rings. The zero-order chi connectivity index (χ0) is 13.4. The third kappa shape index (κ3) is 5.13. The predicted molar refractivity (Wildman–Crippen MR) is 74.2 cm³/mol. The van der Waals surface area contributed by atoms with Crippen LogP contribution < -0.4 is 0 Å². The quantitative estimate of drug-likeness (QED) is 0.852. The zero-order valence-electron chi connectivity index (χ0n) is 10.9. The van der Waals surface area contributed by atoms with Gasteiger partial charge < -0.3 is 10.2 Å². The molecule has 0 saturated heterocycles. The summed E-state index contributed by atoms with van der Waals surface area (Å²) in [7, 11) is 0. The van der Waals surface area contributed by atoms with Crippen LogP contribution in [0.4, 0.5) is 0 Å². The van der Waals surface area contributed by atoms with Gasteiger partial charge in [0.2, 0.25) is 0 Å². The van der Waals surface area contributed by atoms with Gasteiger partial charge in [0.05, 0.1) is 13.2 Å². The van der Waals surface area contributed by atoms with Crippen LogP contribution in [-0.4, -0.2) is 10.2 Å². The van der Waals surface area contributed by atoms with Crippen molar-refractivity contribution >= 4 is 0 Å². The summed E-state index contributed by atoms with van der Waals surface area (Å²) in [5, 5.41) is 17.3. The van der Waals surface area contributed by atoms with E-state index < -0.39 is 0 Å². The Morgan fingerprint density at radius 3 is 1.11 bits per heavy atom. The Hall–Kier alpha value is -1.64. The van der Waals surface area contributed by atoms with Crippen molar-refractivity contribution in [1.29, 1.82) is 0 Å². The molecule has 0 aromatic heterocycles. The molecule has 0 aliphatic carbocycles. The number of hydrogen-bond acceptors (Lipinski definition) is 2. The van der Waals surface area contributed by atoms with Crippen molar-refractivity contribution in [3.05, 3.63) is 70.8 Å². The minimum atomic E-state index is 0.139. The van der Waals surface area contributed by atoms with Gasteiger partial charge in [0.1, 0.15) is 0 Å². The second-order valence-electron chi connectivity index (χ2n) is 4.29. The van der Waals surface area contributed by atoms with Crippen molar-refractivity contribution in [2.75, 3.05) is 0 Å². The van der Waals surface area contributed by atoms with E-state index in [0.717, 1.165) is 11.1 Å². The van der Waals surface area contributed by atoms with E-state index in [2.05, 4.69) is 0 Å². The van der Waals surface area contributed by atoms with Crippen molar-refractivity contribution in [2.24, 2.45) is 0 Å². The molecule has 2 nitrogen and oxygen atoms in total. The molecule has 2 rings (SSSR count). The maximum Gasteiger partial charge on any atom is 0.0681 e. The Bertz CT molecular complexity index is 398. The molecule has 2 N–H and O–H groups in total. The Labute approximate surface area is 109 Å². The van der Waals surface area contributed by atoms with Crippen molar-refractivity contribution in [3.8, 4) is 0 Å². The molecule has 2 heteroatoms. The Balaban J connectivity index is 0.000000180. The fourth-order valence-electron chi connectivity index (χ4n) is 1.39. The van der Waals surface area contributed by atoms with Crippen LogP contribution in [0, 0.1) is 13.8 Å². The highest BCUT2D eigenvalue weighted by Crippen LogP contribution is 2.02. The van der Waals surface area contributed by atoms with Crippen LogP contribution in [-0.2, 0) is 13.2 Å². The molecule has 0 bridgehead atoms. The second kappa shape index (κ2) is 7.64. The SMILES string of the molecule is Cc1ccc(CO)cc1.Cc1ccc(CO)cc1. The Kier molecular flexibility index (Phi) is 6.12. The predicted octanol–water partition coefficient (Wildman–Crippen LogP) is 2.97. The summed E-state index contributed by atoms with van der Waals surface area (Å²) in [4.78, 5) is 0. The summed E-state index contributed by atoms with van der Waals surface area (Å²) in [6.07, 6.45) is 0. The van der Waals surface area contributed by atoms with Gasteiger partial charge >= 0.3 is 0 Å². The van der Waals surface area contributed by atoms with Gasteiger partial charge in [-0.3, -0.25) is 0 Å². The number of aliphatic hydroxyl groups is 2. The van der Waals surface area contributed by atoms with Gasteiger partial charge in [-0.25, -0.2) is 0 Å². The fourth-order valence-corrected chi connectivity index (χ4v) is 1.39. The molecule has 0 atom stereocenters. The Morgan fingerprint density at radius 1 is 0.611 bits per heavy atom. The maximum atomic E-state index is 8.63. The van der Waals surface area contributed by atoms with Crippen molar-refractivity contribution in [1.82, 2.24) is 0 Å². The molecule has 96 valence electrons. The largest absolute Gasteiger partial charge is 0.392 e. The molecule has 0 aliphatic heterocycles.